The summed E-state index contributed by atoms with van der Waals surface area (Å²) in [5.74, 6) is -0.270. The first-order valence-corrected chi connectivity index (χ1v) is 6.35. The standard InChI is InChI=1S/C13H20N2O3/c1-3-9-15-11(7-8-14-15)10-12(16)5-6-13(17)18-4-2/h7-8H,3-6,9-10H2,1-2H3. The van der Waals surface area contributed by atoms with E-state index in [1.165, 1.54) is 0 Å². The number of carbonyl (C=O) groups excluding carboxylic acids is 2. The highest BCUT2D eigenvalue weighted by Gasteiger charge is 2.11. The monoisotopic (exact) mass is 252 g/mol. The van der Waals surface area contributed by atoms with Crippen molar-refractivity contribution in [2.75, 3.05) is 6.61 Å². The maximum absolute atomic E-state index is 11.7. The molecule has 0 radical (unpaired) electrons. The first kappa shape index (κ1) is 14.4. The van der Waals surface area contributed by atoms with Crippen LogP contribution in [0.3, 0.4) is 0 Å². The molecule has 0 unspecified atom stereocenters. The third-order valence-electron chi connectivity index (χ3n) is 2.53. The van der Waals surface area contributed by atoms with Crippen molar-refractivity contribution in [3.63, 3.8) is 0 Å². The Morgan fingerprint density at radius 3 is 2.78 bits per heavy atom. The number of aryl methyl sites for hydroxylation is 1. The van der Waals surface area contributed by atoms with Gasteiger partial charge in [-0.15, -0.1) is 0 Å². The number of nitrogens with zero attached hydrogens (tertiary/aromatic N) is 2. The summed E-state index contributed by atoms with van der Waals surface area (Å²) < 4.78 is 6.62. The Labute approximate surface area is 107 Å². The number of hydrogen-bond donors (Lipinski definition) is 0. The van der Waals surface area contributed by atoms with Gasteiger partial charge in [-0.2, -0.15) is 5.10 Å². The number of esters is 1. The SMILES string of the molecule is CCCn1nccc1CC(=O)CCC(=O)OCC. The summed E-state index contributed by atoms with van der Waals surface area (Å²) in [5.41, 5.74) is 0.908. The van der Waals surface area contributed by atoms with Crippen LogP contribution in [0.2, 0.25) is 0 Å². The molecular weight excluding hydrogens is 232 g/mol. The number of hydrogen-bond acceptors (Lipinski definition) is 4. The molecule has 0 saturated heterocycles. The second-order valence-corrected chi connectivity index (χ2v) is 4.07. The quantitative estimate of drug-likeness (QED) is 0.661. The Balaban J connectivity index is 2.39. The first-order chi connectivity index (χ1) is 8.67. The van der Waals surface area contributed by atoms with Crippen molar-refractivity contribution in [2.45, 2.75) is 46.1 Å². The number of aromatic nitrogens is 2. The van der Waals surface area contributed by atoms with Gasteiger partial charge in [-0.3, -0.25) is 14.3 Å². The zero-order valence-electron chi connectivity index (χ0n) is 11.0. The molecule has 0 atom stereocenters. The third kappa shape index (κ3) is 4.69. The van der Waals surface area contributed by atoms with Gasteiger partial charge >= 0.3 is 5.97 Å². The molecule has 0 aromatic carbocycles. The Kier molecular flexibility index (Phi) is 6.11. The Morgan fingerprint density at radius 1 is 1.33 bits per heavy atom. The van der Waals surface area contributed by atoms with Crippen LogP contribution in [0.5, 0.6) is 0 Å². The van der Waals surface area contributed by atoms with Gasteiger partial charge in [0.1, 0.15) is 5.78 Å². The van der Waals surface area contributed by atoms with Crippen LogP contribution in [0, 0.1) is 0 Å². The smallest absolute Gasteiger partial charge is 0.306 e. The van der Waals surface area contributed by atoms with E-state index < -0.39 is 0 Å². The van der Waals surface area contributed by atoms with Crippen LogP contribution in [-0.2, 0) is 27.3 Å². The maximum atomic E-state index is 11.7. The normalized spacial score (nSPS) is 10.3. The minimum Gasteiger partial charge on any atom is -0.466 e. The van der Waals surface area contributed by atoms with Crippen molar-refractivity contribution in [1.82, 2.24) is 9.78 Å². The molecule has 1 rings (SSSR count). The molecule has 0 bridgehead atoms. The van der Waals surface area contributed by atoms with Gasteiger partial charge in [0.25, 0.3) is 0 Å². The molecule has 18 heavy (non-hydrogen) atoms. The zero-order valence-corrected chi connectivity index (χ0v) is 11.0. The number of rotatable bonds is 8. The second-order valence-electron chi connectivity index (χ2n) is 4.07. The molecule has 0 aliphatic rings. The van der Waals surface area contributed by atoms with E-state index in [2.05, 4.69) is 12.0 Å². The number of ketones is 1. The summed E-state index contributed by atoms with van der Waals surface area (Å²) in [6.07, 6.45) is 3.40. The maximum Gasteiger partial charge on any atom is 0.306 e. The largest absolute Gasteiger partial charge is 0.466 e. The van der Waals surface area contributed by atoms with Gasteiger partial charge in [-0.25, -0.2) is 0 Å². The summed E-state index contributed by atoms with van der Waals surface area (Å²) >= 11 is 0. The van der Waals surface area contributed by atoms with Gasteiger partial charge in [0.05, 0.1) is 13.0 Å². The molecule has 0 N–H and O–H groups in total. The summed E-state index contributed by atoms with van der Waals surface area (Å²) in [7, 11) is 0. The van der Waals surface area contributed by atoms with E-state index in [1.54, 1.807) is 13.1 Å². The van der Waals surface area contributed by atoms with Gasteiger partial charge in [-0.05, 0) is 19.4 Å². The van der Waals surface area contributed by atoms with E-state index >= 15 is 0 Å². The van der Waals surface area contributed by atoms with E-state index in [0.717, 1.165) is 18.7 Å². The predicted octanol–water partition coefficient (Wildman–Crippen LogP) is 1.75. The lowest BCUT2D eigenvalue weighted by molar-refractivity contribution is -0.144. The summed E-state index contributed by atoms with van der Waals surface area (Å²) in [6, 6.07) is 1.85. The average molecular weight is 252 g/mol. The fourth-order valence-corrected chi connectivity index (χ4v) is 1.69. The summed E-state index contributed by atoms with van der Waals surface area (Å²) in [5, 5.41) is 4.16. The summed E-state index contributed by atoms with van der Waals surface area (Å²) in [6.45, 7) is 4.99. The molecule has 0 aliphatic heterocycles. The van der Waals surface area contributed by atoms with Crippen LogP contribution in [0.15, 0.2) is 12.3 Å². The van der Waals surface area contributed by atoms with Crippen LogP contribution in [-0.4, -0.2) is 28.1 Å². The zero-order chi connectivity index (χ0) is 13.4. The lowest BCUT2D eigenvalue weighted by Gasteiger charge is -2.05. The molecule has 1 heterocycles. The molecule has 1 aromatic heterocycles. The molecule has 5 heteroatoms. The van der Waals surface area contributed by atoms with Crippen molar-refractivity contribution in [3.05, 3.63) is 18.0 Å². The van der Waals surface area contributed by atoms with Gasteiger partial charge < -0.3 is 4.74 Å². The Bertz CT molecular complexity index is 399. The first-order valence-electron chi connectivity index (χ1n) is 6.35. The van der Waals surface area contributed by atoms with Crippen molar-refractivity contribution in [2.24, 2.45) is 0 Å². The van der Waals surface area contributed by atoms with Crippen LogP contribution in [0.4, 0.5) is 0 Å². The molecule has 5 nitrogen and oxygen atoms in total. The topological polar surface area (TPSA) is 61.2 Å². The second kappa shape index (κ2) is 7.63. The van der Waals surface area contributed by atoms with Gasteiger partial charge in [0, 0.05) is 31.3 Å². The van der Waals surface area contributed by atoms with Crippen LogP contribution in [0.1, 0.15) is 38.8 Å². The molecule has 0 aliphatic carbocycles. The number of carbonyl (C=O) groups is 2. The van der Waals surface area contributed by atoms with Crippen LogP contribution in [0.25, 0.3) is 0 Å². The highest BCUT2D eigenvalue weighted by atomic mass is 16.5. The van der Waals surface area contributed by atoms with E-state index in [-0.39, 0.29) is 24.6 Å². The molecule has 1 aromatic rings. The van der Waals surface area contributed by atoms with Crippen LogP contribution < -0.4 is 0 Å². The minimum absolute atomic E-state index is 0.0425. The van der Waals surface area contributed by atoms with Crippen molar-refractivity contribution in [3.8, 4) is 0 Å². The van der Waals surface area contributed by atoms with Gasteiger partial charge in [0.15, 0.2) is 0 Å². The fraction of sp³-hybridized carbons (Fsp3) is 0.615. The molecule has 100 valence electrons. The average Bonchev–Trinajstić information content (AvgIpc) is 2.75. The molecule has 0 amide bonds. The van der Waals surface area contributed by atoms with E-state index in [0.29, 0.717) is 13.0 Å². The highest BCUT2D eigenvalue weighted by molar-refractivity contribution is 5.84. The van der Waals surface area contributed by atoms with E-state index in [1.807, 2.05) is 10.7 Å². The minimum atomic E-state index is -0.312. The van der Waals surface area contributed by atoms with E-state index in [4.69, 9.17) is 4.74 Å². The molecular formula is C13H20N2O3. The Morgan fingerprint density at radius 2 is 2.11 bits per heavy atom. The Hall–Kier alpha value is -1.65. The van der Waals surface area contributed by atoms with Gasteiger partial charge in [-0.1, -0.05) is 6.92 Å². The lowest BCUT2D eigenvalue weighted by Crippen LogP contribution is -2.12. The number of ether oxygens (including phenoxy) is 1. The lowest BCUT2D eigenvalue weighted by atomic mass is 10.1. The van der Waals surface area contributed by atoms with Crippen LogP contribution >= 0.6 is 0 Å². The summed E-state index contributed by atoms with van der Waals surface area (Å²) in [4.78, 5) is 22.9. The number of Topliss-reactive ketones (excluding diaryl/α,β-unsaturated/α-hetero) is 1. The van der Waals surface area contributed by atoms with Crippen molar-refractivity contribution >= 4 is 11.8 Å². The van der Waals surface area contributed by atoms with Crippen molar-refractivity contribution < 1.29 is 14.3 Å². The predicted molar refractivity (Wildman–Crippen MR) is 67.1 cm³/mol. The fourth-order valence-electron chi connectivity index (χ4n) is 1.69. The molecule has 0 saturated carbocycles. The molecule has 0 spiro atoms. The highest BCUT2D eigenvalue weighted by Crippen LogP contribution is 2.05. The van der Waals surface area contributed by atoms with Gasteiger partial charge in [0.2, 0.25) is 0 Å². The van der Waals surface area contributed by atoms with Crippen molar-refractivity contribution in [1.29, 1.82) is 0 Å². The molecule has 0 fully saturated rings. The third-order valence-corrected chi connectivity index (χ3v) is 2.53. The van der Waals surface area contributed by atoms with E-state index in [9.17, 15) is 9.59 Å².